The predicted molar refractivity (Wildman–Crippen MR) is 74.0 cm³/mol. The molecule has 3 N–H and O–H groups in total. The highest BCUT2D eigenvalue weighted by molar-refractivity contribution is 7.80. The van der Waals surface area contributed by atoms with Gasteiger partial charge in [-0.15, -0.1) is 0 Å². The Kier molecular flexibility index (Phi) is 5.53. The van der Waals surface area contributed by atoms with E-state index < -0.39 is 5.92 Å². The molecule has 0 aromatic heterocycles. The van der Waals surface area contributed by atoms with E-state index in [1.807, 2.05) is 6.92 Å². The first-order valence-electron chi connectivity index (χ1n) is 6.29. The zero-order valence-corrected chi connectivity index (χ0v) is 11.8. The maximum Gasteiger partial charge on any atom is 0.230 e. The van der Waals surface area contributed by atoms with Gasteiger partial charge >= 0.3 is 0 Å². The van der Waals surface area contributed by atoms with Crippen molar-refractivity contribution < 1.29 is 9.59 Å². The van der Waals surface area contributed by atoms with Crippen LogP contribution in [0.3, 0.4) is 0 Å². The lowest BCUT2D eigenvalue weighted by Gasteiger charge is -2.31. The minimum Gasteiger partial charge on any atom is -0.393 e. The molecule has 1 saturated heterocycles. The van der Waals surface area contributed by atoms with Gasteiger partial charge in [0.25, 0.3) is 0 Å². The Bertz CT molecular complexity index is 346. The monoisotopic (exact) mass is 271 g/mol. The summed E-state index contributed by atoms with van der Waals surface area (Å²) in [5.41, 5.74) is 5.58. The summed E-state index contributed by atoms with van der Waals surface area (Å²) >= 11 is 4.92. The molecule has 2 amide bonds. The smallest absolute Gasteiger partial charge is 0.230 e. The molecule has 1 aliphatic heterocycles. The molecule has 1 aliphatic rings. The summed E-state index contributed by atoms with van der Waals surface area (Å²) in [5, 5.41) is 2.94. The van der Waals surface area contributed by atoms with Crippen LogP contribution < -0.4 is 11.1 Å². The summed E-state index contributed by atoms with van der Waals surface area (Å²) < 4.78 is 0. The Morgan fingerprint density at radius 1 is 1.67 bits per heavy atom. The molecule has 2 unspecified atom stereocenters. The van der Waals surface area contributed by atoms with E-state index in [9.17, 15) is 9.59 Å². The van der Waals surface area contributed by atoms with Crippen LogP contribution in [-0.2, 0) is 9.59 Å². The van der Waals surface area contributed by atoms with Crippen molar-refractivity contribution in [3.8, 4) is 0 Å². The van der Waals surface area contributed by atoms with Gasteiger partial charge < -0.3 is 16.0 Å². The molecular formula is C12H21N3O2S. The van der Waals surface area contributed by atoms with E-state index in [1.54, 1.807) is 11.9 Å². The number of hydrogen-bond acceptors (Lipinski definition) is 3. The van der Waals surface area contributed by atoms with Gasteiger partial charge in [-0.05, 0) is 12.8 Å². The number of piperidine rings is 1. The van der Waals surface area contributed by atoms with Gasteiger partial charge in [0.1, 0.15) is 0 Å². The molecule has 102 valence electrons. The first-order valence-corrected chi connectivity index (χ1v) is 6.70. The summed E-state index contributed by atoms with van der Waals surface area (Å²) in [7, 11) is 1.75. The van der Waals surface area contributed by atoms with Crippen molar-refractivity contribution in [3.05, 3.63) is 0 Å². The van der Waals surface area contributed by atoms with Gasteiger partial charge in [-0.1, -0.05) is 25.6 Å². The van der Waals surface area contributed by atoms with Gasteiger partial charge in [-0.3, -0.25) is 9.59 Å². The van der Waals surface area contributed by atoms with Crippen LogP contribution in [0.5, 0.6) is 0 Å². The molecule has 1 fully saturated rings. The highest BCUT2D eigenvalue weighted by Crippen LogP contribution is 2.12. The molecule has 2 atom stereocenters. The number of amides is 2. The molecule has 0 radical (unpaired) electrons. The average Bonchev–Trinajstić information content (AvgIpc) is 2.30. The van der Waals surface area contributed by atoms with E-state index in [2.05, 4.69) is 5.32 Å². The molecule has 0 saturated carbocycles. The molecule has 18 heavy (non-hydrogen) atoms. The van der Waals surface area contributed by atoms with Crippen molar-refractivity contribution in [1.82, 2.24) is 10.2 Å². The number of likely N-dealkylation sites (tertiary alicyclic amines) is 1. The molecule has 6 heteroatoms. The van der Waals surface area contributed by atoms with E-state index >= 15 is 0 Å². The maximum absolute atomic E-state index is 12.0. The number of nitrogens with zero attached hydrogens (tertiary/aromatic N) is 1. The van der Waals surface area contributed by atoms with Crippen LogP contribution in [0, 0.1) is 5.92 Å². The summed E-state index contributed by atoms with van der Waals surface area (Å²) in [4.78, 5) is 25.3. The molecule has 1 heterocycles. The van der Waals surface area contributed by atoms with Gasteiger partial charge in [0.15, 0.2) is 0 Å². The topological polar surface area (TPSA) is 75.4 Å². The Labute approximate surface area is 113 Å². The number of carbonyl (C=O) groups excluding carboxylic acids is 2. The van der Waals surface area contributed by atoms with Crippen molar-refractivity contribution in [2.45, 2.75) is 38.6 Å². The van der Waals surface area contributed by atoms with Crippen LogP contribution in [-0.4, -0.2) is 41.3 Å². The van der Waals surface area contributed by atoms with Crippen molar-refractivity contribution >= 4 is 29.0 Å². The fourth-order valence-electron chi connectivity index (χ4n) is 2.12. The Hall–Kier alpha value is -1.17. The average molecular weight is 271 g/mol. The van der Waals surface area contributed by atoms with Crippen LogP contribution in [0.2, 0.25) is 0 Å². The Balaban J connectivity index is 2.53. The summed E-state index contributed by atoms with van der Waals surface area (Å²) in [6.07, 6.45) is 2.69. The number of nitrogens with one attached hydrogen (secondary N) is 1. The lowest BCUT2D eigenvalue weighted by molar-refractivity contribution is -0.134. The fourth-order valence-corrected chi connectivity index (χ4v) is 2.35. The molecule has 0 aliphatic carbocycles. The molecule has 0 aromatic rings. The summed E-state index contributed by atoms with van der Waals surface area (Å²) in [6, 6.07) is 0.00825. The second kappa shape index (κ2) is 6.68. The van der Waals surface area contributed by atoms with Crippen molar-refractivity contribution in [2.24, 2.45) is 11.7 Å². The van der Waals surface area contributed by atoms with Gasteiger partial charge in [-0.2, -0.15) is 0 Å². The minimum atomic E-state index is -0.395. The maximum atomic E-state index is 12.0. The fraction of sp³-hybridized carbons (Fsp3) is 0.750. The quantitative estimate of drug-likeness (QED) is 0.711. The lowest BCUT2D eigenvalue weighted by atomic mass is 10.0. The second-order valence-electron chi connectivity index (χ2n) is 4.76. The molecule has 0 bridgehead atoms. The number of rotatable bonds is 5. The van der Waals surface area contributed by atoms with Crippen LogP contribution in [0.1, 0.15) is 32.6 Å². The SMILES string of the molecule is CCCC(C(=O)NC1CCC(=O)N(C)C1)C(N)=S. The molecule has 0 aromatic carbocycles. The third-order valence-corrected chi connectivity index (χ3v) is 3.49. The molecule has 5 nitrogen and oxygen atoms in total. The predicted octanol–water partition coefficient (Wildman–Crippen LogP) is 0.426. The third-order valence-electron chi connectivity index (χ3n) is 3.21. The van der Waals surface area contributed by atoms with E-state index in [0.29, 0.717) is 25.8 Å². The largest absolute Gasteiger partial charge is 0.393 e. The summed E-state index contributed by atoms with van der Waals surface area (Å²) in [5.74, 6) is -0.384. The molecular weight excluding hydrogens is 250 g/mol. The van der Waals surface area contributed by atoms with Gasteiger partial charge in [-0.25, -0.2) is 0 Å². The number of likely N-dealkylation sites (N-methyl/N-ethyl adjacent to an activating group) is 1. The number of carbonyl (C=O) groups is 2. The van der Waals surface area contributed by atoms with Crippen LogP contribution in [0.4, 0.5) is 0 Å². The van der Waals surface area contributed by atoms with Gasteiger partial charge in [0, 0.05) is 26.1 Å². The van der Waals surface area contributed by atoms with Crippen LogP contribution in [0.25, 0.3) is 0 Å². The van der Waals surface area contributed by atoms with E-state index in [0.717, 1.165) is 6.42 Å². The zero-order valence-electron chi connectivity index (χ0n) is 10.9. The third kappa shape index (κ3) is 3.94. The highest BCUT2D eigenvalue weighted by atomic mass is 32.1. The van der Waals surface area contributed by atoms with Crippen molar-refractivity contribution in [1.29, 1.82) is 0 Å². The number of hydrogen-bond donors (Lipinski definition) is 2. The van der Waals surface area contributed by atoms with Crippen molar-refractivity contribution in [2.75, 3.05) is 13.6 Å². The number of thiocarbonyl (C=S) groups is 1. The normalized spacial score (nSPS) is 21.6. The first kappa shape index (κ1) is 14.9. The minimum absolute atomic E-state index is 0.00825. The molecule has 0 spiro atoms. The van der Waals surface area contributed by atoms with E-state index in [4.69, 9.17) is 18.0 Å². The number of nitrogens with two attached hydrogens (primary N) is 1. The standard InChI is InChI=1S/C12H21N3O2S/c1-3-4-9(11(13)18)12(17)14-8-5-6-10(16)15(2)7-8/h8-9H,3-7H2,1-2H3,(H2,13,18)(H,14,17). The summed E-state index contributed by atoms with van der Waals surface area (Å²) in [6.45, 7) is 2.55. The first-order chi connectivity index (χ1) is 8.45. The van der Waals surface area contributed by atoms with Crippen LogP contribution in [0.15, 0.2) is 0 Å². The Morgan fingerprint density at radius 2 is 2.33 bits per heavy atom. The zero-order chi connectivity index (χ0) is 13.7. The van der Waals surface area contributed by atoms with Crippen molar-refractivity contribution in [3.63, 3.8) is 0 Å². The highest BCUT2D eigenvalue weighted by Gasteiger charge is 2.27. The van der Waals surface area contributed by atoms with E-state index in [1.165, 1.54) is 0 Å². The van der Waals surface area contributed by atoms with Gasteiger partial charge in [0.05, 0.1) is 10.9 Å². The van der Waals surface area contributed by atoms with Crippen LogP contribution >= 0.6 is 12.2 Å². The van der Waals surface area contributed by atoms with E-state index in [-0.39, 0.29) is 22.8 Å². The Morgan fingerprint density at radius 3 is 2.83 bits per heavy atom. The van der Waals surface area contributed by atoms with Gasteiger partial charge in [0.2, 0.25) is 11.8 Å². The lowest BCUT2D eigenvalue weighted by Crippen LogP contribution is -2.51. The molecule has 1 rings (SSSR count). The second-order valence-corrected chi connectivity index (χ2v) is 5.23.